The van der Waals surface area contributed by atoms with Gasteiger partial charge in [-0.3, -0.25) is 5.10 Å². The molecule has 182 valence electrons. The standard InChI is InChI=1S/C25H23F2N9/c1-16(21-3-2-20(26)9-22(21)27)18-10-28-25(29-11-18)35-6-4-34(5-7-35)24-23-8-17(19-12-31-32-13-19)14-36(23)33-15-30-24/h2-3,8-16H,4-7H2,1H3,(H,31,32). The maximum Gasteiger partial charge on any atom is 0.225 e. The van der Waals surface area contributed by atoms with E-state index < -0.39 is 11.6 Å². The first kappa shape index (κ1) is 22.1. The molecule has 6 rings (SSSR count). The third-order valence-corrected chi connectivity index (χ3v) is 6.67. The average Bonchev–Trinajstić information content (AvgIpc) is 3.59. The van der Waals surface area contributed by atoms with Crippen molar-refractivity contribution in [2.75, 3.05) is 36.0 Å². The number of aromatic nitrogens is 7. The van der Waals surface area contributed by atoms with Crippen molar-refractivity contribution in [3.8, 4) is 11.1 Å². The van der Waals surface area contributed by atoms with Crippen LogP contribution < -0.4 is 9.80 Å². The van der Waals surface area contributed by atoms with Crippen LogP contribution in [0.25, 0.3) is 16.6 Å². The molecular formula is C25H23F2N9. The van der Waals surface area contributed by atoms with Gasteiger partial charge in [0.15, 0.2) is 5.82 Å². The summed E-state index contributed by atoms with van der Waals surface area (Å²) in [5, 5.41) is 11.2. The van der Waals surface area contributed by atoms with Gasteiger partial charge in [0.05, 0.1) is 6.20 Å². The molecular weight excluding hydrogens is 464 g/mol. The first-order valence-electron chi connectivity index (χ1n) is 11.7. The van der Waals surface area contributed by atoms with Gasteiger partial charge < -0.3 is 9.80 Å². The second-order valence-electron chi connectivity index (χ2n) is 8.81. The Morgan fingerprint density at radius 1 is 0.917 bits per heavy atom. The summed E-state index contributed by atoms with van der Waals surface area (Å²) in [7, 11) is 0. The van der Waals surface area contributed by atoms with Crippen LogP contribution in [0, 0.1) is 11.6 Å². The molecule has 0 amide bonds. The number of H-pyrrole nitrogens is 1. The summed E-state index contributed by atoms with van der Waals surface area (Å²) in [4.78, 5) is 18.0. The summed E-state index contributed by atoms with van der Waals surface area (Å²) in [5.74, 6) is 0.0630. The van der Waals surface area contributed by atoms with Gasteiger partial charge in [0.2, 0.25) is 5.95 Å². The van der Waals surface area contributed by atoms with Crippen LogP contribution in [-0.4, -0.2) is 60.9 Å². The molecule has 1 atom stereocenters. The highest BCUT2D eigenvalue weighted by atomic mass is 19.1. The lowest BCUT2D eigenvalue weighted by atomic mass is 9.95. The quantitative estimate of drug-likeness (QED) is 0.405. The number of aromatic amines is 1. The summed E-state index contributed by atoms with van der Waals surface area (Å²) >= 11 is 0. The van der Waals surface area contributed by atoms with Crippen molar-refractivity contribution < 1.29 is 8.78 Å². The molecule has 0 bridgehead atoms. The van der Waals surface area contributed by atoms with Crippen molar-refractivity contribution >= 4 is 17.3 Å². The van der Waals surface area contributed by atoms with E-state index in [1.54, 1.807) is 24.9 Å². The molecule has 1 unspecified atom stereocenters. The fraction of sp³-hybridized carbons (Fsp3) is 0.240. The van der Waals surface area contributed by atoms with E-state index in [1.807, 2.05) is 23.8 Å². The van der Waals surface area contributed by atoms with Gasteiger partial charge >= 0.3 is 0 Å². The molecule has 36 heavy (non-hydrogen) atoms. The fourth-order valence-electron chi connectivity index (χ4n) is 4.60. The predicted octanol–water partition coefficient (Wildman–Crippen LogP) is 3.67. The average molecular weight is 488 g/mol. The Morgan fingerprint density at radius 2 is 1.69 bits per heavy atom. The van der Waals surface area contributed by atoms with E-state index in [-0.39, 0.29) is 5.92 Å². The Morgan fingerprint density at radius 3 is 2.42 bits per heavy atom. The minimum absolute atomic E-state index is 0.286. The number of benzene rings is 1. The van der Waals surface area contributed by atoms with Crippen LogP contribution in [-0.2, 0) is 0 Å². The van der Waals surface area contributed by atoms with Gasteiger partial charge in [-0.2, -0.15) is 10.2 Å². The van der Waals surface area contributed by atoms with E-state index in [4.69, 9.17) is 0 Å². The Hall–Kier alpha value is -4.41. The Balaban J connectivity index is 1.15. The van der Waals surface area contributed by atoms with Gasteiger partial charge in [-0.25, -0.2) is 28.2 Å². The first-order valence-corrected chi connectivity index (χ1v) is 11.7. The zero-order valence-corrected chi connectivity index (χ0v) is 19.5. The summed E-state index contributed by atoms with van der Waals surface area (Å²) in [6, 6.07) is 5.70. The molecule has 1 fully saturated rings. The zero-order chi connectivity index (χ0) is 24.6. The molecule has 0 radical (unpaired) electrons. The van der Waals surface area contributed by atoms with Crippen LogP contribution in [0.2, 0.25) is 0 Å². The van der Waals surface area contributed by atoms with Crippen LogP contribution >= 0.6 is 0 Å². The minimum atomic E-state index is -0.591. The third kappa shape index (κ3) is 4.02. The monoisotopic (exact) mass is 487 g/mol. The number of anilines is 2. The summed E-state index contributed by atoms with van der Waals surface area (Å²) < 4.78 is 29.3. The van der Waals surface area contributed by atoms with Crippen molar-refractivity contribution in [2.24, 2.45) is 0 Å². The number of nitrogens with zero attached hydrogens (tertiary/aromatic N) is 8. The van der Waals surface area contributed by atoms with Crippen molar-refractivity contribution in [3.63, 3.8) is 0 Å². The Labute approximate surface area is 205 Å². The summed E-state index contributed by atoms with van der Waals surface area (Å²) in [5.41, 5.74) is 4.14. The molecule has 1 aliphatic rings. The highest BCUT2D eigenvalue weighted by Gasteiger charge is 2.23. The first-order chi connectivity index (χ1) is 17.6. The van der Waals surface area contributed by atoms with Crippen molar-refractivity contribution in [1.82, 2.24) is 34.8 Å². The van der Waals surface area contributed by atoms with Crippen LogP contribution in [0.1, 0.15) is 24.0 Å². The maximum absolute atomic E-state index is 14.2. The summed E-state index contributed by atoms with van der Waals surface area (Å²) in [6.45, 7) is 4.82. The molecule has 1 saturated heterocycles. The Bertz CT molecular complexity index is 1490. The molecule has 0 aliphatic carbocycles. The second kappa shape index (κ2) is 8.99. The number of hydrogen-bond acceptors (Lipinski definition) is 7. The highest BCUT2D eigenvalue weighted by molar-refractivity contribution is 5.77. The molecule has 0 saturated carbocycles. The lowest BCUT2D eigenvalue weighted by Gasteiger charge is -2.35. The normalized spacial score (nSPS) is 15.0. The number of fused-ring (bicyclic) bond motifs is 1. The van der Waals surface area contributed by atoms with E-state index in [9.17, 15) is 8.78 Å². The van der Waals surface area contributed by atoms with Crippen molar-refractivity contribution in [2.45, 2.75) is 12.8 Å². The molecule has 11 heteroatoms. The molecule has 4 aromatic heterocycles. The number of nitrogens with one attached hydrogen (secondary N) is 1. The predicted molar refractivity (Wildman–Crippen MR) is 131 cm³/mol. The lowest BCUT2D eigenvalue weighted by Crippen LogP contribution is -2.47. The van der Waals surface area contributed by atoms with Crippen LogP contribution in [0.3, 0.4) is 0 Å². The van der Waals surface area contributed by atoms with E-state index in [0.29, 0.717) is 11.5 Å². The van der Waals surface area contributed by atoms with Crippen LogP contribution in [0.15, 0.2) is 61.6 Å². The lowest BCUT2D eigenvalue weighted by molar-refractivity contribution is 0.567. The molecule has 0 spiro atoms. The highest BCUT2D eigenvalue weighted by Crippen LogP contribution is 2.28. The Kier molecular flexibility index (Phi) is 5.51. The molecule has 1 N–H and O–H groups in total. The van der Waals surface area contributed by atoms with E-state index in [1.165, 1.54) is 12.1 Å². The second-order valence-corrected chi connectivity index (χ2v) is 8.81. The molecule has 1 aromatic carbocycles. The maximum atomic E-state index is 14.2. The van der Waals surface area contributed by atoms with Crippen molar-refractivity contribution in [3.05, 3.63) is 84.3 Å². The molecule has 1 aliphatic heterocycles. The molecule has 9 nitrogen and oxygen atoms in total. The van der Waals surface area contributed by atoms with Crippen LogP contribution in [0.4, 0.5) is 20.5 Å². The van der Waals surface area contributed by atoms with Gasteiger partial charge in [0, 0.05) is 74.1 Å². The number of halogens is 2. The summed E-state index contributed by atoms with van der Waals surface area (Å²) in [6.07, 6.45) is 10.6. The van der Waals surface area contributed by atoms with Gasteiger partial charge in [0.25, 0.3) is 0 Å². The van der Waals surface area contributed by atoms with Crippen molar-refractivity contribution in [1.29, 1.82) is 0 Å². The number of piperazine rings is 1. The molecule has 5 aromatic rings. The fourth-order valence-corrected chi connectivity index (χ4v) is 4.60. The number of hydrogen-bond donors (Lipinski definition) is 1. The van der Waals surface area contributed by atoms with E-state index in [0.717, 1.165) is 60.3 Å². The topological polar surface area (TPSA) is 91.1 Å². The van der Waals surface area contributed by atoms with Crippen LogP contribution in [0.5, 0.6) is 0 Å². The van der Waals surface area contributed by atoms with Gasteiger partial charge in [-0.05, 0) is 23.3 Å². The van der Waals surface area contributed by atoms with E-state index in [2.05, 4.69) is 46.1 Å². The van der Waals surface area contributed by atoms with Gasteiger partial charge in [-0.15, -0.1) is 0 Å². The SMILES string of the molecule is CC(c1cnc(N2CCN(c3ncnn4cc(-c5cn[nH]c5)cc34)CC2)nc1)c1ccc(F)cc1F. The molecule has 5 heterocycles. The number of rotatable bonds is 5. The third-order valence-electron chi connectivity index (χ3n) is 6.67. The van der Waals surface area contributed by atoms with E-state index >= 15 is 0 Å². The largest absolute Gasteiger partial charge is 0.351 e. The minimum Gasteiger partial charge on any atom is -0.351 e. The zero-order valence-electron chi connectivity index (χ0n) is 19.5. The smallest absolute Gasteiger partial charge is 0.225 e. The van der Waals surface area contributed by atoms with Gasteiger partial charge in [0.1, 0.15) is 23.5 Å². The van der Waals surface area contributed by atoms with Gasteiger partial charge in [-0.1, -0.05) is 13.0 Å².